The zero-order chi connectivity index (χ0) is 16.0. The van der Waals surface area contributed by atoms with Crippen LogP contribution in [-0.4, -0.2) is 16.7 Å². The van der Waals surface area contributed by atoms with Gasteiger partial charge in [-0.15, -0.1) is 11.3 Å². The van der Waals surface area contributed by atoms with E-state index in [2.05, 4.69) is 17.6 Å². The Bertz CT molecular complexity index is 983. The minimum atomic E-state index is 0.781. The quantitative estimate of drug-likeness (QED) is 0.602. The van der Waals surface area contributed by atoms with Crippen LogP contribution in [0.15, 0.2) is 42.5 Å². The number of anilines is 1. The minimum absolute atomic E-state index is 0.781. The zero-order valence-electron chi connectivity index (χ0n) is 13.0. The Kier molecular flexibility index (Phi) is 3.23. The lowest BCUT2D eigenvalue weighted by molar-refractivity contribution is 0.415. The summed E-state index contributed by atoms with van der Waals surface area (Å²) >= 11 is 1.68. The molecule has 2 aromatic carbocycles. The van der Waals surface area contributed by atoms with E-state index in [9.17, 15) is 0 Å². The van der Waals surface area contributed by atoms with E-state index >= 15 is 0 Å². The van der Waals surface area contributed by atoms with Crippen LogP contribution in [0.3, 0.4) is 0 Å². The third kappa shape index (κ3) is 2.08. The Labute approximate surface area is 138 Å². The zero-order valence-corrected chi connectivity index (χ0v) is 13.9. The summed E-state index contributed by atoms with van der Waals surface area (Å²) in [6.07, 6.45) is 0. The third-order valence-corrected chi connectivity index (χ3v) is 5.17. The topological polar surface area (TPSA) is 53.1 Å². The van der Waals surface area contributed by atoms with E-state index in [0.29, 0.717) is 0 Å². The molecule has 0 radical (unpaired) electrons. The Morgan fingerprint density at radius 1 is 1.22 bits per heavy atom. The largest absolute Gasteiger partial charge is 0.497 e. The van der Waals surface area contributed by atoms with Crippen molar-refractivity contribution < 1.29 is 4.74 Å². The number of fused-ring (bicyclic) bond motifs is 2. The summed E-state index contributed by atoms with van der Waals surface area (Å²) in [6.45, 7) is 2.95. The molecule has 5 heteroatoms. The van der Waals surface area contributed by atoms with Crippen LogP contribution < -0.4 is 10.5 Å². The van der Waals surface area contributed by atoms with Crippen LogP contribution in [-0.2, 0) is 6.54 Å². The summed E-state index contributed by atoms with van der Waals surface area (Å²) in [5.74, 6) is 0.834. The van der Waals surface area contributed by atoms with Gasteiger partial charge in [-0.3, -0.25) is 0 Å². The molecule has 0 saturated carbocycles. The number of ether oxygens (including phenoxy) is 1. The van der Waals surface area contributed by atoms with Gasteiger partial charge in [0, 0.05) is 18.0 Å². The normalized spacial score (nSPS) is 11.4. The smallest absolute Gasteiger partial charge is 0.143 e. The summed E-state index contributed by atoms with van der Waals surface area (Å²) in [5, 5.41) is 2.00. The maximum Gasteiger partial charge on any atom is 0.143 e. The van der Waals surface area contributed by atoms with Crippen LogP contribution in [0.4, 0.5) is 5.69 Å². The van der Waals surface area contributed by atoms with E-state index in [0.717, 1.165) is 45.1 Å². The predicted octanol–water partition coefficient (Wildman–Crippen LogP) is 4.53. The molecule has 0 saturated heterocycles. The number of nitrogen functional groups attached to an aromatic ring is 1. The second kappa shape index (κ2) is 5.28. The first-order valence-corrected chi connectivity index (χ1v) is 8.36. The maximum atomic E-state index is 6.47. The Balaban J connectivity index is 2.03. The van der Waals surface area contributed by atoms with Gasteiger partial charge in [-0.25, -0.2) is 4.98 Å². The number of nitrogens with zero attached hydrogens (tertiary/aromatic N) is 2. The first-order valence-electron chi connectivity index (χ1n) is 7.54. The van der Waals surface area contributed by atoms with Gasteiger partial charge in [0.15, 0.2) is 0 Å². The Morgan fingerprint density at radius 3 is 2.78 bits per heavy atom. The molecular formula is C18H17N3OS. The van der Waals surface area contributed by atoms with E-state index in [1.165, 1.54) is 4.70 Å². The minimum Gasteiger partial charge on any atom is -0.497 e. The highest BCUT2D eigenvalue weighted by atomic mass is 32.1. The van der Waals surface area contributed by atoms with Crippen molar-refractivity contribution in [3.05, 3.63) is 42.5 Å². The van der Waals surface area contributed by atoms with E-state index < -0.39 is 0 Å². The Morgan fingerprint density at radius 2 is 2.04 bits per heavy atom. The van der Waals surface area contributed by atoms with Gasteiger partial charge in [0.1, 0.15) is 16.5 Å². The fourth-order valence-electron chi connectivity index (χ4n) is 3.02. The van der Waals surface area contributed by atoms with Crippen molar-refractivity contribution in [2.45, 2.75) is 13.5 Å². The van der Waals surface area contributed by atoms with Gasteiger partial charge in [0.2, 0.25) is 0 Å². The van der Waals surface area contributed by atoms with Gasteiger partial charge in [0.05, 0.1) is 28.5 Å². The Hall–Kier alpha value is -2.53. The predicted molar refractivity (Wildman–Crippen MR) is 97.2 cm³/mol. The van der Waals surface area contributed by atoms with E-state index in [4.69, 9.17) is 15.5 Å². The summed E-state index contributed by atoms with van der Waals surface area (Å²) in [7, 11) is 1.68. The lowest BCUT2D eigenvalue weighted by Crippen LogP contribution is -1.98. The number of rotatable bonds is 3. The first kappa shape index (κ1) is 14.1. The van der Waals surface area contributed by atoms with E-state index in [-0.39, 0.29) is 0 Å². The fraction of sp³-hybridized carbons (Fsp3) is 0.167. The second-order valence-electron chi connectivity index (χ2n) is 5.38. The van der Waals surface area contributed by atoms with Crippen LogP contribution in [0, 0.1) is 0 Å². The summed E-state index contributed by atoms with van der Waals surface area (Å²) in [6, 6.07) is 14.2. The van der Waals surface area contributed by atoms with Gasteiger partial charge in [-0.1, -0.05) is 12.1 Å². The van der Waals surface area contributed by atoms with Crippen molar-refractivity contribution >= 4 is 38.1 Å². The number of benzene rings is 2. The molecule has 4 rings (SSSR count). The number of hydrogen-bond acceptors (Lipinski definition) is 4. The molecule has 0 unspecified atom stereocenters. The van der Waals surface area contributed by atoms with Crippen molar-refractivity contribution in [3.63, 3.8) is 0 Å². The standard InChI is InChI=1S/C18H17N3OS/c1-3-21-14-10-11(22-2)8-9-12(14)16(19)17(21)18-20-13-6-4-5-7-15(13)23-18/h4-10H,3,19H2,1-2H3. The monoisotopic (exact) mass is 323 g/mol. The molecule has 2 N–H and O–H groups in total. The number of nitrogens with two attached hydrogens (primary N) is 1. The lowest BCUT2D eigenvalue weighted by atomic mass is 10.2. The molecule has 0 spiro atoms. The molecule has 0 aliphatic heterocycles. The van der Waals surface area contributed by atoms with Crippen LogP contribution >= 0.6 is 11.3 Å². The molecule has 23 heavy (non-hydrogen) atoms. The highest BCUT2D eigenvalue weighted by Crippen LogP contribution is 2.40. The van der Waals surface area contributed by atoms with Gasteiger partial charge in [0.25, 0.3) is 0 Å². The lowest BCUT2D eigenvalue weighted by Gasteiger charge is -2.06. The number of thiazole rings is 1. The molecule has 116 valence electrons. The summed E-state index contributed by atoms with van der Waals surface area (Å²) < 4.78 is 8.74. The molecule has 0 bridgehead atoms. The molecule has 0 atom stereocenters. The van der Waals surface area contributed by atoms with Gasteiger partial charge in [-0.05, 0) is 31.2 Å². The van der Waals surface area contributed by atoms with Crippen molar-refractivity contribution in [2.75, 3.05) is 12.8 Å². The molecule has 2 heterocycles. The van der Waals surface area contributed by atoms with Crippen molar-refractivity contribution in [3.8, 4) is 16.5 Å². The molecule has 4 aromatic rings. The van der Waals surface area contributed by atoms with Gasteiger partial charge in [-0.2, -0.15) is 0 Å². The van der Waals surface area contributed by atoms with Crippen LogP contribution in [0.2, 0.25) is 0 Å². The van der Waals surface area contributed by atoms with Crippen molar-refractivity contribution in [2.24, 2.45) is 0 Å². The average Bonchev–Trinajstić information content (AvgIpc) is 3.12. The molecule has 0 amide bonds. The number of para-hydroxylation sites is 1. The SMILES string of the molecule is CCn1c(-c2nc3ccccc3s2)c(N)c2ccc(OC)cc21. The van der Waals surface area contributed by atoms with Crippen molar-refractivity contribution in [1.82, 2.24) is 9.55 Å². The van der Waals surface area contributed by atoms with Crippen LogP contribution in [0.25, 0.3) is 31.8 Å². The number of hydrogen-bond donors (Lipinski definition) is 1. The van der Waals surface area contributed by atoms with Crippen LogP contribution in [0.5, 0.6) is 5.75 Å². The number of methoxy groups -OCH3 is 1. The maximum absolute atomic E-state index is 6.47. The van der Waals surface area contributed by atoms with Gasteiger partial charge < -0.3 is 15.0 Å². The molecule has 2 aromatic heterocycles. The first-order chi connectivity index (χ1) is 11.2. The molecule has 4 nitrogen and oxygen atoms in total. The van der Waals surface area contributed by atoms with Crippen LogP contribution in [0.1, 0.15) is 6.92 Å². The van der Waals surface area contributed by atoms with E-state index in [1.54, 1.807) is 18.4 Å². The fourth-order valence-corrected chi connectivity index (χ4v) is 4.05. The molecule has 0 fully saturated rings. The highest BCUT2D eigenvalue weighted by molar-refractivity contribution is 7.21. The van der Waals surface area contributed by atoms with Gasteiger partial charge >= 0.3 is 0 Å². The summed E-state index contributed by atoms with van der Waals surface area (Å²) in [4.78, 5) is 4.78. The number of aryl methyl sites for hydroxylation is 1. The molecule has 0 aliphatic rings. The highest BCUT2D eigenvalue weighted by Gasteiger charge is 2.19. The molecule has 0 aliphatic carbocycles. The van der Waals surface area contributed by atoms with E-state index in [1.807, 2.05) is 36.4 Å². The molecular weight excluding hydrogens is 306 g/mol. The second-order valence-corrected chi connectivity index (χ2v) is 6.41. The average molecular weight is 323 g/mol. The third-order valence-electron chi connectivity index (χ3n) is 4.12. The van der Waals surface area contributed by atoms with Crippen molar-refractivity contribution in [1.29, 1.82) is 0 Å². The number of aromatic nitrogens is 2. The summed E-state index contributed by atoms with van der Waals surface area (Å²) in [5.41, 5.74) is 10.3.